The molecule has 0 aliphatic rings. The second-order valence-electron chi connectivity index (χ2n) is 5.90. The van der Waals surface area contributed by atoms with Crippen LogP contribution in [0.3, 0.4) is 0 Å². The van der Waals surface area contributed by atoms with Gasteiger partial charge < -0.3 is 13.3 Å². The van der Waals surface area contributed by atoms with Crippen molar-refractivity contribution in [2.75, 3.05) is 26.0 Å². The Balaban J connectivity index is 2.35. The van der Waals surface area contributed by atoms with Crippen LogP contribution in [0.2, 0.25) is 6.04 Å². The zero-order valence-corrected chi connectivity index (χ0v) is 17.8. The molecule has 0 heterocycles. The predicted molar refractivity (Wildman–Crippen MR) is 112 cm³/mol. The molecule has 2 aromatic carbocycles. The molecule has 0 bridgehead atoms. The van der Waals surface area contributed by atoms with Crippen LogP contribution in [0.25, 0.3) is 0 Å². The zero-order chi connectivity index (χ0) is 18.9. The molecule has 0 amide bonds. The molecule has 6 heteroatoms. The van der Waals surface area contributed by atoms with Crippen molar-refractivity contribution in [3.8, 4) is 0 Å². The Hall–Kier alpha value is -1.07. The van der Waals surface area contributed by atoms with E-state index in [1.54, 1.807) is 0 Å². The van der Waals surface area contributed by atoms with Crippen LogP contribution >= 0.6 is 7.49 Å². The third-order valence-electron chi connectivity index (χ3n) is 4.20. The summed E-state index contributed by atoms with van der Waals surface area (Å²) in [5, 5.41) is 1.94. The number of rotatable bonds is 11. The Morgan fingerprint density at radius 3 is 1.46 bits per heavy atom. The summed E-state index contributed by atoms with van der Waals surface area (Å²) in [7, 11) is -5.35. The molecule has 2 rings (SSSR count). The average Bonchev–Trinajstić information content (AvgIpc) is 2.68. The maximum absolute atomic E-state index is 11.8. The van der Waals surface area contributed by atoms with Gasteiger partial charge in [0.25, 0.3) is 0 Å². The van der Waals surface area contributed by atoms with E-state index in [1.807, 2.05) is 81.4 Å². The third-order valence-corrected chi connectivity index (χ3v) is 10.8. The molecule has 142 valence electrons. The summed E-state index contributed by atoms with van der Waals surface area (Å²) >= 11 is 0. The Kier molecular flexibility index (Phi) is 8.42. The summed E-state index contributed by atoms with van der Waals surface area (Å²) in [5.41, 5.74) is 0. The molecule has 1 N–H and O–H groups in total. The highest BCUT2D eigenvalue weighted by atomic mass is 31.2. The lowest BCUT2D eigenvalue weighted by atomic mass is 10.4. The van der Waals surface area contributed by atoms with Gasteiger partial charge >= 0.3 is 8.80 Å². The van der Waals surface area contributed by atoms with Crippen molar-refractivity contribution < 1.29 is 18.2 Å². The minimum atomic E-state index is -2.80. The molecule has 0 atom stereocenters. The first-order valence-electron chi connectivity index (χ1n) is 9.24. The van der Waals surface area contributed by atoms with Crippen molar-refractivity contribution in [1.29, 1.82) is 0 Å². The van der Waals surface area contributed by atoms with Gasteiger partial charge in [0.2, 0.25) is 7.49 Å². The quantitative estimate of drug-likeness (QED) is 0.468. The molecular weight excluding hydrogens is 363 g/mol. The van der Waals surface area contributed by atoms with Gasteiger partial charge in [-0.25, -0.2) is 4.89 Å². The molecule has 0 aromatic heterocycles. The SMILES string of the molecule is CCO[Si](CC[P+](O)(c1ccccc1)c1ccccc1)(OCC)OCC. The summed E-state index contributed by atoms with van der Waals surface area (Å²) in [4.78, 5) is 11.8. The summed E-state index contributed by atoms with van der Waals surface area (Å²) in [5.74, 6) is 0. The summed E-state index contributed by atoms with van der Waals surface area (Å²) in [6.45, 7) is 7.49. The van der Waals surface area contributed by atoms with Crippen LogP contribution in [0, 0.1) is 0 Å². The largest absolute Gasteiger partial charge is 0.504 e. The van der Waals surface area contributed by atoms with E-state index in [0.717, 1.165) is 10.6 Å². The molecule has 2 aromatic rings. The van der Waals surface area contributed by atoms with Gasteiger partial charge in [-0.05, 0) is 45.0 Å². The normalized spacial score (nSPS) is 12.3. The van der Waals surface area contributed by atoms with Gasteiger partial charge in [-0.1, -0.05) is 36.4 Å². The molecule has 0 saturated carbocycles. The van der Waals surface area contributed by atoms with Gasteiger partial charge in [0, 0.05) is 19.8 Å². The van der Waals surface area contributed by atoms with Crippen molar-refractivity contribution in [3.05, 3.63) is 60.7 Å². The predicted octanol–water partition coefficient (Wildman–Crippen LogP) is 3.61. The van der Waals surface area contributed by atoms with E-state index in [-0.39, 0.29) is 0 Å². The molecular formula is C20H30O4PSi+. The first kappa shape index (κ1) is 21.2. The number of benzene rings is 2. The van der Waals surface area contributed by atoms with E-state index >= 15 is 0 Å². The second kappa shape index (κ2) is 10.3. The summed E-state index contributed by atoms with van der Waals surface area (Å²) in [6.07, 6.45) is 0.577. The molecule has 0 fully saturated rings. The number of hydrogen-bond donors (Lipinski definition) is 1. The van der Waals surface area contributed by atoms with E-state index in [9.17, 15) is 4.89 Å². The molecule has 0 aliphatic carbocycles. The van der Waals surface area contributed by atoms with Crippen molar-refractivity contribution in [3.63, 3.8) is 0 Å². The van der Waals surface area contributed by atoms with Gasteiger partial charge in [-0.2, -0.15) is 0 Å². The minimum Gasteiger partial charge on any atom is -0.374 e. The smallest absolute Gasteiger partial charge is 0.374 e. The van der Waals surface area contributed by atoms with Gasteiger partial charge in [0.1, 0.15) is 10.6 Å². The van der Waals surface area contributed by atoms with E-state index < -0.39 is 16.3 Å². The topological polar surface area (TPSA) is 47.9 Å². The fourth-order valence-corrected chi connectivity index (χ4v) is 9.59. The van der Waals surface area contributed by atoms with E-state index in [0.29, 0.717) is 32.0 Å². The standard InChI is InChI=1S/C20H30O4PSi/c1-4-22-26(23-5-2,24-6-3)18-17-25(21,19-13-9-7-10-14-19)20-15-11-8-12-16-20/h7-16,21H,4-6,17-18H2,1-3H3/q+1. The molecule has 0 spiro atoms. The first-order chi connectivity index (χ1) is 12.6. The maximum atomic E-state index is 11.8. The molecule has 4 nitrogen and oxygen atoms in total. The van der Waals surface area contributed by atoms with Crippen molar-refractivity contribution in [1.82, 2.24) is 0 Å². The minimum absolute atomic E-state index is 0.541. The monoisotopic (exact) mass is 393 g/mol. The Morgan fingerprint density at radius 2 is 1.12 bits per heavy atom. The third kappa shape index (κ3) is 5.23. The zero-order valence-electron chi connectivity index (χ0n) is 15.9. The highest BCUT2D eigenvalue weighted by Gasteiger charge is 2.48. The first-order valence-corrected chi connectivity index (χ1v) is 13.1. The van der Waals surface area contributed by atoms with Crippen LogP contribution in [0.1, 0.15) is 20.8 Å². The molecule has 0 aliphatic heterocycles. The van der Waals surface area contributed by atoms with Crippen LogP contribution in [0.15, 0.2) is 60.7 Å². The van der Waals surface area contributed by atoms with Crippen LogP contribution < -0.4 is 10.6 Å². The van der Waals surface area contributed by atoms with Crippen LogP contribution in [0.4, 0.5) is 0 Å². The van der Waals surface area contributed by atoms with Crippen molar-refractivity contribution in [2.24, 2.45) is 0 Å². The molecule has 0 radical (unpaired) electrons. The summed E-state index contributed by atoms with van der Waals surface area (Å²) in [6, 6.07) is 20.5. The van der Waals surface area contributed by atoms with Gasteiger partial charge in [0.05, 0.1) is 12.2 Å². The van der Waals surface area contributed by atoms with E-state index in [1.165, 1.54) is 0 Å². The number of hydrogen-bond acceptors (Lipinski definition) is 4. The fraction of sp³-hybridized carbons (Fsp3) is 0.400. The fourth-order valence-electron chi connectivity index (χ4n) is 3.06. The van der Waals surface area contributed by atoms with Gasteiger partial charge in [-0.3, -0.25) is 0 Å². The van der Waals surface area contributed by atoms with Gasteiger partial charge in [0.15, 0.2) is 0 Å². The van der Waals surface area contributed by atoms with Crippen LogP contribution in [-0.4, -0.2) is 39.7 Å². The highest BCUT2D eigenvalue weighted by molar-refractivity contribution is 7.84. The van der Waals surface area contributed by atoms with Gasteiger partial charge in [-0.15, -0.1) is 0 Å². The Labute approximate surface area is 158 Å². The van der Waals surface area contributed by atoms with Crippen molar-refractivity contribution >= 4 is 26.9 Å². The van der Waals surface area contributed by atoms with E-state index in [2.05, 4.69) is 0 Å². The Morgan fingerprint density at radius 1 is 0.731 bits per heavy atom. The lowest BCUT2D eigenvalue weighted by molar-refractivity contribution is 0.0727. The van der Waals surface area contributed by atoms with Crippen LogP contribution in [0.5, 0.6) is 0 Å². The van der Waals surface area contributed by atoms with Crippen LogP contribution in [-0.2, 0) is 13.3 Å². The van der Waals surface area contributed by atoms with E-state index in [4.69, 9.17) is 13.3 Å². The average molecular weight is 394 g/mol. The Bertz CT molecular complexity index is 582. The summed E-state index contributed by atoms with van der Waals surface area (Å²) < 4.78 is 17.9. The second-order valence-corrected chi connectivity index (χ2v) is 11.6. The van der Waals surface area contributed by atoms with Crippen molar-refractivity contribution in [2.45, 2.75) is 26.8 Å². The molecule has 0 unspecified atom stereocenters. The molecule has 0 saturated heterocycles. The lowest BCUT2D eigenvalue weighted by Gasteiger charge is -2.30. The maximum Gasteiger partial charge on any atom is 0.504 e. The molecule has 26 heavy (non-hydrogen) atoms. The lowest BCUT2D eigenvalue weighted by Crippen LogP contribution is -2.47. The highest BCUT2D eigenvalue weighted by Crippen LogP contribution is 2.53.